The van der Waals surface area contributed by atoms with E-state index < -0.39 is 97.0 Å². The van der Waals surface area contributed by atoms with Gasteiger partial charge in [-0.05, 0) is 12.8 Å². The fourth-order valence-electron chi connectivity index (χ4n) is 7.94. The summed E-state index contributed by atoms with van der Waals surface area (Å²) < 4.78 is 67.7. The van der Waals surface area contributed by atoms with Crippen molar-refractivity contribution < 1.29 is 106 Å². The number of aliphatic hydroxyl groups excluding tert-OH is 5. The van der Waals surface area contributed by atoms with E-state index in [1.807, 2.05) is 0 Å². The molecule has 0 aliphatic carbocycles. The molecule has 0 amide bonds. The zero-order valence-electron chi connectivity index (χ0n) is 38.1. The van der Waals surface area contributed by atoms with E-state index >= 15 is 0 Å². The predicted molar refractivity (Wildman–Crippen MR) is 226 cm³/mol. The maximum absolute atomic E-state index is 13.3. The van der Waals surface area contributed by atoms with E-state index in [1.165, 1.54) is 103 Å². The number of hydrogen-bond donors (Lipinski definition) is 5. The molecule has 0 aromatic carbocycles. The van der Waals surface area contributed by atoms with Crippen LogP contribution in [0.25, 0.3) is 0 Å². The van der Waals surface area contributed by atoms with E-state index in [0.717, 1.165) is 51.4 Å². The first-order chi connectivity index (χ1) is 29.4. The van der Waals surface area contributed by atoms with E-state index in [2.05, 4.69) is 18.0 Å². The first-order valence-electron chi connectivity index (χ1n) is 23.6. The number of carbonyl (C=O) groups excluding carboxylic acids is 2. The van der Waals surface area contributed by atoms with Crippen LogP contribution in [0.15, 0.2) is 0 Å². The first kappa shape index (κ1) is 59.5. The molecule has 2 aliphatic heterocycles. The third kappa shape index (κ3) is 24.9. The first-order valence-corrected chi connectivity index (χ1v) is 24.9. The average Bonchev–Trinajstić information content (AvgIpc) is 3.22. The van der Waals surface area contributed by atoms with Crippen molar-refractivity contribution in [3.8, 4) is 0 Å². The molecule has 0 bridgehead atoms. The summed E-state index contributed by atoms with van der Waals surface area (Å²) in [5.41, 5.74) is 0. The van der Waals surface area contributed by atoms with Gasteiger partial charge in [-0.25, -0.2) is 8.42 Å². The Hall–Kier alpha value is -0.510. The van der Waals surface area contributed by atoms with Crippen molar-refractivity contribution in [2.75, 3.05) is 13.2 Å². The minimum Gasteiger partial charge on any atom is -0.726 e. The zero-order valence-corrected chi connectivity index (χ0v) is 40.9. The molecule has 2 rings (SSSR count). The number of esters is 2. The largest absolute Gasteiger partial charge is 1.00 e. The minimum absolute atomic E-state index is 0. The van der Waals surface area contributed by atoms with Crippen LogP contribution in [0.4, 0.5) is 0 Å². The summed E-state index contributed by atoms with van der Waals surface area (Å²) in [6.07, 6.45) is 10.5. The number of hydrogen-bond acceptors (Lipinski definition) is 16. The van der Waals surface area contributed by atoms with E-state index in [-0.39, 0.29) is 42.4 Å². The molecule has 62 heavy (non-hydrogen) atoms. The summed E-state index contributed by atoms with van der Waals surface area (Å²) in [7, 11) is -5.53. The minimum atomic E-state index is -5.53. The van der Waals surface area contributed by atoms with Crippen LogP contribution in [0.1, 0.15) is 194 Å². The molecular weight excluding hydrogens is 840 g/mol. The Bertz CT molecular complexity index is 1250. The molecule has 0 spiro atoms. The topological polar surface area (TPSA) is 248 Å². The van der Waals surface area contributed by atoms with Crippen molar-refractivity contribution in [3.05, 3.63) is 0 Å². The predicted octanol–water partition coefficient (Wildman–Crippen LogP) is 3.16. The molecule has 18 heteroatoms. The Morgan fingerprint density at radius 1 is 0.500 bits per heavy atom. The van der Waals surface area contributed by atoms with Crippen molar-refractivity contribution in [1.29, 1.82) is 0 Å². The summed E-state index contributed by atoms with van der Waals surface area (Å²) in [5, 5.41) is 52.2. The zero-order chi connectivity index (χ0) is 44.9. The molecular formula is C44H81NaO16S. The third-order valence-corrected chi connectivity index (χ3v) is 12.1. The second-order valence-corrected chi connectivity index (χ2v) is 17.9. The molecule has 0 aromatic rings. The normalized spacial score (nSPS) is 26.5. The van der Waals surface area contributed by atoms with E-state index in [9.17, 15) is 48.1 Å². The van der Waals surface area contributed by atoms with Gasteiger partial charge in [-0.1, -0.05) is 168 Å². The van der Waals surface area contributed by atoms with Crippen LogP contribution >= 0.6 is 0 Å². The molecule has 16 nitrogen and oxygen atoms in total. The number of unbranched alkanes of at least 4 members (excludes halogenated alkanes) is 24. The molecule has 0 radical (unpaired) electrons. The number of aliphatic hydroxyl groups is 5. The molecule has 0 saturated carbocycles. The molecule has 10 atom stereocenters. The van der Waals surface area contributed by atoms with Crippen molar-refractivity contribution in [2.24, 2.45) is 0 Å². The summed E-state index contributed by atoms with van der Waals surface area (Å²) >= 11 is 0. The SMILES string of the molecule is CCCCCCCCCCCCCCCC(=O)O[C@H]1[C@@H](O[C@H]2O[C@H](CO)[C@@H](O)[C@H](O)[C@H]2OS(=O)(=O)[O-])O[C@H](CO)[C@@H](O)[C@@H]1OC(=O)CCCCCCCCCCCCCCC.[Na+]. The second kappa shape index (κ2) is 35.7. The standard InChI is InChI=1S/C44H82O16S.Na/c1-3-5-7-9-11-13-15-17-19-21-23-25-27-29-35(47)57-40-38(50)34(32-46)56-44(59-43-41(60-61(52,53)54)39(51)37(49)33(31-45)55-43)42(40)58-36(48)30-28-26-24-22-20-18-16-14-12-10-8-6-4-2;/h33-34,37-46,49-51H,3-32H2,1-2H3,(H,52,53,54);/q;+1/p-1/t33-,34-,37-,38-,39+,40+,41-,42-,43-,44-;/m1./s1. The Morgan fingerprint density at radius 2 is 0.823 bits per heavy atom. The third-order valence-electron chi connectivity index (χ3n) is 11.6. The monoisotopic (exact) mass is 921 g/mol. The fourth-order valence-corrected chi connectivity index (χ4v) is 8.42. The summed E-state index contributed by atoms with van der Waals surface area (Å²) in [4.78, 5) is 26.5. The second-order valence-electron chi connectivity index (χ2n) is 16.9. The van der Waals surface area contributed by atoms with Gasteiger partial charge in [-0.3, -0.25) is 13.8 Å². The molecule has 2 heterocycles. The smallest absolute Gasteiger partial charge is 0.726 e. The van der Waals surface area contributed by atoms with Crippen molar-refractivity contribution in [2.45, 2.75) is 255 Å². The van der Waals surface area contributed by atoms with Crippen molar-refractivity contribution in [3.63, 3.8) is 0 Å². The van der Waals surface area contributed by atoms with Crippen LogP contribution in [0, 0.1) is 0 Å². The van der Waals surface area contributed by atoms with Gasteiger partial charge in [0, 0.05) is 12.8 Å². The Kier molecular flexibility index (Phi) is 34.2. The summed E-state index contributed by atoms with van der Waals surface area (Å²) in [6.45, 7) is 2.72. The summed E-state index contributed by atoms with van der Waals surface area (Å²) in [5.74, 6) is -1.46. The van der Waals surface area contributed by atoms with Crippen LogP contribution in [0.3, 0.4) is 0 Å². The molecule has 0 unspecified atom stereocenters. The van der Waals surface area contributed by atoms with Gasteiger partial charge < -0.3 is 53.8 Å². The van der Waals surface area contributed by atoms with Gasteiger partial charge in [-0.15, -0.1) is 0 Å². The van der Waals surface area contributed by atoms with Gasteiger partial charge in [0.1, 0.15) is 30.5 Å². The molecule has 2 fully saturated rings. The van der Waals surface area contributed by atoms with Crippen molar-refractivity contribution >= 4 is 22.3 Å². The number of rotatable bonds is 36. The summed E-state index contributed by atoms with van der Waals surface area (Å²) in [6, 6.07) is 0. The Balaban J connectivity index is 0.0000192. The van der Waals surface area contributed by atoms with Gasteiger partial charge in [0.15, 0.2) is 24.6 Å². The quantitative estimate of drug-likeness (QED) is 0.0199. The van der Waals surface area contributed by atoms with Gasteiger partial charge in [0.25, 0.3) is 0 Å². The Morgan fingerprint density at radius 3 is 1.18 bits per heavy atom. The maximum atomic E-state index is 13.3. The molecule has 0 aromatic heterocycles. The van der Waals surface area contributed by atoms with Crippen molar-refractivity contribution in [1.82, 2.24) is 0 Å². The van der Waals surface area contributed by atoms with Gasteiger partial charge in [0.05, 0.1) is 13.2 Å². The van der Waals surface area contributed by atoms with Crippen LogP contribution in [0.5, 0.6) is 0 Å². The number of carbonyl (C=O) groups is 2. The average molecular weight is 921 g/mol. The van der Waals surface area contributed by atoms with E-state index in [1.54, 1.807) is 0 Å². The van der Waals surface area contributed by atoms with Gasteiger partial charge in [-0.2, -0.15) is 0 Å². The van der Waals surface area contributed by atoms with Gasteiger partial charge >= 0.3 is 41.5 Å². The number of ether oxygens (including phenoxy) is 5. The van der Waals surface area contributed by atoms with E-state index in [0.29, 0.717) is 12.8 Å². The van der Waals surface area contributed by atoms with Gasteiger partial charge in [0.2, 0.25) is 16.7 Å². The maximum Gasteiger partial charge on any atom is 1.00 e. The fraction of sp³-hybridized carbons (Fsp3) is 0.955. The van der Waals surface area contributed by atoms with Crippen LogP contribution in [0.2, 0.25) is 0 Å². The molecule has 360 valence electrons. The van der Waals surface area contributed by atoms with Crippen LogP contribution < -0.4 is 29.6 Å². The van der Waals surface area contributed by atoms with E-state index in [4.69, 9.17) is 23.7 Å². The Labute approximate surface area is 394 Å². The van der Waals surface area contributed by atoms with Crippen LogP contribution in [-0.2, 0) is 47.9 Å². The molecule has 2 saturated heterocycles. The van der Waals surface area contributed by atoms with Crippen LogP contribution in [-0.4, -0.2) is 125 Å². The molecule has 5 N–H and O–H groups in total. The molecule has 2 aliphatic rings.